The van der Waals surface area contributed by atoms with Gasteiger partial charge in [-0.2, -0.15) is 0 Å². The van der Waals surface area contributed by atoms with E-state index < -0.39 is 7.50 Å². The molecule has 0 amide bonds. The summed E-state index contributed by atoms with van der Waals surface area (Å²) in [5.74, 6) is 0.967. The lowest BCUT2D eigenvalue weighted by molar-refractivity contribution is 0.475. The Labute approximate surface area is 73.7 Å². The van der Waals surface area contributed by atoms with Crippen LogP contribution in [0, 0.1) is 0 Å². The normalized spacial score (nSPS) is 25.7. The van der Waals surface area contributed by atoms with Crippen LogP contribution in [-0.4, -0.2) is 0 Å². The molecular weight excluding hydrogens is 179 g/mol. The van der Waals surface area contributed by atoms with Crippen LogP contribution in [0.2, 0.25) is 0 Å². The lowest BCUT2D eigenvalue weighted by Gasteiger charge is -2.22. The van der Waals surface area contributed by atoms with Gasteiger partial charge in [0.1, 0.15) is 5.76 Å². The zero-order valence-corrected chi connectivity index (χ0v) is 8.88. The maximum atomic E-state index is 5.97. The lowest BCUT2D eigenvalue weighted by Crippen LogP contribution is -1.96. The summed E-state index contributed by atoms with van der Waals surface area (Å²) in [6.45, 7) is 8.15. The Morgan fingerprint density at radius 3 is 2.18 bits per heavy atom. The molecule has 0 aliphatic carbocycles. The van der Waals surface area contributed by atoms with Gasteiger partial charge in [0.2, 0.25) is 7.50 Å². The molecule has 0 saturated heterocycles. The average molecular weight is 191 g/mol. The fraction of sp³-hybridized carbons (Fsp3) is 0.500. The second kappa shape index (κ2) is 3.16. The summed E-state index contributed by atoms with van der Waals surface area (Å²) in [4.78, 5) is 0. The molecule has 0 bridgehead atoms. The van der Waals surface area contributed by atoms with Gasteiger partial charge in [-0.3, -0.25) is 0 Å². The molecule has 1 nitrogen and oxygen atoms in total. The van der Waals surface area contributed by atoms with Gasteiger partial charge in [-0.15, -0.1) is 0 Å². The summed E-state index contributed by atoms with van der Waals surface area (Å²) in [5, 5.41) is 1.18. The first-order valence-corrected chi connectivity index (χ1v) is 5.69. The molecule has 0 spiro atoms. The first kappa shape index (κ1) is 9.09. The summed E-state index contributed by atoms with van der Waals surface area (Å²) in [6, 6.07) is 0. The van der Waals surface area contributed by atoms with E-state index in [1.165, 1.54) is 16.5 Å². The van der Waals surface area contributed by atoms with Gasteiger partial charge in [0, 0.05) is 5.31 Å². The SMILES string of the molecule is CC1=C(C)C(C)=C(C)P(Cl)O1. The van der Waals surface area contributed by atoms with Crippen molar-refractivity contribution in [2.24, 2.45) is 0 Å². The molecule has 0 fully saturated rings. The zero-order chi connectivity index (χ0) is 8.59. The van der Waals surface area contributed by atoms with Crippen LogP contribution in [0.3, 0.4) is 0 Å². The van der Waals surface area contributed by atoms with Crippen molar-refractivity contribution in [3.8, 4) is 0 Å². The molecule has 1 unspecified atom stereocenters. The molecule has 0 radical (unpaired) electrons. The van der Waals surface area contributed by atoms with Gasteiger partial charge in [-0.05, 0) is 50.1 Å². The molecule has 1 heterocycles. The van der Waals surface area contributed by atoms with Gasteiger partial charge < -0.3 is 4.52 Å². The maximum Gasteiger partial charge on any atom is 0.210 e. The van der Waals surface area contributed by atoms with Crippen LogP contribution in [0.1, 0.15) is 27.7 Å². The average Bonchev–Trinajstić information content (AvgIpc) is 1.97. The molecule has 1 aliphatic rings. The van der Waals surface area contributed by atoms with Gasteiger partial charge in [0.25, 0.3) is 0 Å². The highest BCUT2D eigenvalue weighted by Gasteiger charge is 2.20. The molecule has 0 aromatic carbocycles. The highest BCUT2D eigenvalue weighted by Crippen LogP contribution is 2.57. The fourth-order valence-corrected chi connectivity index (χ4v) is 2.56. The first-order valence-electron chi connectivity index (χ1n) is 3.53. The number of hydrogen-bond donors (Lipinski definition) is 0. The van der Waals surface area contributed by atoms with Crippen molar-refractivity contribution in [1.82, 2.24) is 0 Å². The molecule has 1 aliphatic heterocycles. The van der Waals surface area contributed by atoms with E-state index in [1.54, 1.807) is 0 Å². The largest absolute Gasteiger partial charge is 0.458 e. The molecule has 3 heteroatoms. The smallest absolute Gasteiger partial charge is 0.210 e. The zero-order valence-electron chi connectivity index (χ0n) is 7.23. The number of allylic oxidation sites excluding steroid dienone is 4. The quantitative estimate of drug-likeness (QED) is 0.522. The summed E-state index contributed by atoms with van der Waals surface area (Å²) < 4.78 is 5.43. The topological polar surface area (TPSA) is 9.23 Å². The van der Waals surface area contributed by atoms with Crippen LogP contribution >= 0.6 is 18.7 Å². The van der Waals surface area contributed by atoms with E-state index >= 15 is 0 Å². The molecule has 62 valence electrons. The summed E-state index contributed by atoms with van der Waals surface area (Å²) in [6.07, 6.45) is 0. The Morgan fingerprint density at radius 1 is 1.09 bits per heavy atom. The van der Waals surface area contributed by atoms with Crippen LogP contribution in [0.25, 0.3) is 0 Å². The van der Waals surface area contributed by atoms with E-state index in [2.05, 4.69) is 13.8 Å². The predicted molar refractivity (Wildman–Crippen MR) is 50.6 cm³/mol. The molecule has 0 N–H and O–H groups in total. The van der Waals surface area contributed by atoms with Gasteiger partial charge in [0.05, 0.1) is 0 Å². The Hall–Kier alpha value is -0.0000000000000000555. The third-order valence-corrected chi connectivity index (χ3v) is 4.38. The lowest BCUT2D eigenvalue weighted by atomic mass is 10.1. The predicted octanol–water partition coefficient (Wildman–Crippen LogP) is 4.16. The van der Waals surface area contributed by atoms with E-state index in [0.717, 1.165) is 5.76 Å². The first-order chi connectivity index (χ1) is 5.04. The van der Waals surface area contributed by atoms with Gasteiger partial charge in [0.15, 0.2) is 0 Å². The Balaban J connectivity index is 3.07. The van der Waals surface area contributed by atoms with E-state index in [1.807, 2.05) is 13.8 Å². The van der Waals surface area contributed by atoms with Crippen LogP contribution in [-0.2, 0) is 4.52 Å². The van der Waals surface area contributed by atoms with Gasteiger partial charge >= 0.3 is 0 Å². The van der Waals surface area contributed by atoms with Crippen molar-refractivity contribution in [2.45, 2.75) is 27.7 Å². The van der Waals surface area contributed by atoms with Gasteiger partial charge in [-0.1, -0.05) is 0 Å². The summed E-state index contributed by atoms with van der Waals surface area (Å²) in [5.41, 5.74) is 2.51. The summed E-state index contributed by atoms with van der Waals surface area (Å²) >= 11 is 5.97. The van der Waals surface area contributed by atoms with E-state index in [9.17, 15) is 0 Å². The standard InChI is InChI=1S/C8H12ClOP/c1-5-6(2)8(4)11(9)10-7(5)3/h1-4H3. The van der Waals surface area contributed by atoms with E-state index in [4.69, 9.17) is 15.8 Å². The van der Waals surface area contributed by atoms with Crippen LogP contribution < -0.4 is 0 Å². The third-order valence-electron chi connectivity index (χ3n) is 2.11. The monoisotopic (exact) mass is 190 g/mol. The Morgan fingerprint density at radius 2 is 1.64 bits per heavy atom. The summed E-state index contributed by atoms with van der Waals surface area (Å²) in [7, 11) is -0.864. The van der Waals surface area contributed by atoms with Crippen molar-refractivity contribution in [3.63, 3.8) is 0 Å². The molecule has 1 rings (SSSR count). The minimum atomic E-state index is -0.864. The number of hydrogen-bond acceptors (Lipinski definition) is 1. The molecule has 0 aromatic rings. The van der Waals surface area contributed by atoms with Crippen molar-refractivity contribution in [1.29, 1.82) is 0 Å². The van der Waals surface area contributed by atoms with E-state index in [0.29, 0.717) is 0 Å². The van der Waals surface area contributed by atoms with Crippen molar-refractivity contribution in [2.75, 3.05) is 0 Å². The Bertz CT molecular complexity index is 242. The minimum absolute atomic E-state index is 0.864. The molecule has 11 heavy (non-hydrogen) atoms. The van der Waals surface area contributed by atoms with Crippen molar-refractivity contribution >= 4 is 18.7 Å². The van der Waals surface area contributed by atoms with Crippen molar-refractivity contribution < 1.29 is 4.52 Å². The Kier molecular flexibility index (Phi) is 2.61. The van der Waals surface area contributed by atoms with E-state index in [-0.39, 0.29) is 0 Å². The second-order valence-electron chi connectivity index (χ2n) is 2.73. The van der Waals surface area contributed by atoms with Crippen molar-refractivity contribution in [3.05, 3.63) is 22.2 Å². The van der Waals surface area contributed by atoms with Crippen LogP contribution in [0.5, 0.6) is 0 Å². The molecule has 0 saturated carbocycles. The molecule has 1 atom stereocenters. The molecule has 0 aromatic heterocycles. The number of rotatable bonds is 0. The highest BCUT2D eigenvalue weighted by atomic mass is 35.7. The minimum Gasteiger partial charge on any atom is -0.458 e. The third kappa shape index (κ3) is 1.60. The highest BCUT2D eigenvalue weighted by molar-refractivity contribution is 7.83. The van der Waals surface area contributed by atoms with Crippen LogP contribution in [0.4, 0.5) is 0 Å². The fourth-order valence-electron chi connectivity index (χ4n) is 0.924. The molecular formula is C8H12ClOP. The van der Waals surface area contributed by atoms with Crippen LogP contribution in [0.15, 0.2) is 22.2 Å². The van der Waals surface area contributed by atoms with Gasteiger partial charge in [-0.25, -0.2) is 0 Å². The number of halogens is 1. The maximum absolute atomic E-state index is 5.97. The second-order valence-corrected chi connectivity index (χ2v) is 4.99.